The van der Waals surface area contributed by atoms with Gasteiger partial charge in [0.05, 0.1) is 12.6 Å². The van der Waals surface area contributed by atoms with Gasteiger partial charge in [0.25, 0.3) is 0 Å². The molecule has 0 bridgehead atoms. The summed E-state index contributed by atoms with van der Waals surface area (Å²) in [6.45, 7) is 7.47. The average Bonchev–Trinajstić information content (AvgIpc) is 2.56. The highest BCUT2D eigenvalue weighted by Gasteiger charge is 2.37. The molecule has 2 rings (SSSR count). The summed E-state index contributed by atoms with van der Waals surface area (Å²) in [4.78, 5) is 27.0. The Hall–Kier alpha value is -1.88. The van der Waals surface area contributed by atoms with Gasteiger partial charge in [0.15, 0.2) is 0 Å². The monoisotopic (exact) mass is 332 g/mol. The molecule has 132 valence electrons. The average molecular weight is 332 g/mol. The lowest BCUT2D eigenvalue weighted by Crippen LogP contribution is -2.60. The van der Waals surface area contributed by atoms with Crippen molar-refractivity contribution < 1.29 is 14.3 Å². The van der Waals surface area contributed by atoms with Crippen LogP contribution in [0.1, 0.15) is 32.8 Å². The number of nitrogens with zero attached hydrogens (tertiary/aromatic N) is 1. The first-order chi connectivity index (χ1) is 11.5. The summed E-state index contributed by atoms with van der Waals surface area (Å²) in [5.74, 6) is 0.0124. The molecule has 0 aliphatic carbocycles. The second kappa shape index (κ2) is 8.83. The van der Waals surface area contributed by atoms with Gasteiger partial charge in [-0.05, 0) is 31.2 Å². The molecule has 1 amide bonds. The van der Waals surface area contributed by atoms with Crippen molar-refractivity contribution in [1.82, 2.24) is 10.2 Å². The minimum absolute atomic E-state index is 0.0104. The Kier molecular flexibility index (Phi) is 6.79. The van der Waals surface area contributed by atoms with Crippen molar-refractivity contribution in [2.45, 2.75) is 45.7 Å². The molecule has 1 saturated heterocycles. The van der Waals surface area contributed by atoms with Gasteiger partial charge in [0, 0.05) is 13.1 Å². The van der Waals surface area contributed by atoms with Crippen LogP contribution in [0.25, 0.3) is 0 Å². The SMILES string of the molecule is CCOC(=O)[C@H](CC(C)C)N1CCN[C@@H](Cc2ccccc2)C1=O. The summed E-state index contributed by atoms with van der Waals surface area (Å²) in [6.07, 6.45) is 1.26. The summed E-state index contributed by atoms with van der Waals surface area (Å²) in [5.41, 5.74) is 1.11. The minimum Gasteiger partial charge on any atom is -0.464 e. The van der Waals surface area contributed by atoms with E-state index in [0.29, 0.717) is 38.5 Å². The quantitative estimate of drug-likeness (QED) is 0.776. The van der Waals surface area contributed by atoms with Gasteiger partial charge in [-0.15, -0.1) is 0 Å². The Bertz CT molecular complexity index is 545. The molecule has 1 heterocycles. The second-order valence-corrected chi connectivity index (χ2v) is 6.63. The number of piperazine rings is 1. The minimum atomic E-state index is -0.488. The fourth-order valence-electron chi connectivity index (χ4n) is 3.11. The molecule has 0 aromatic heterocycles. The van der Waals surface area contributed by atoms with Crippen LogP contribution >= 0.6 is 0 Å². The molecule has 1 aromatic rings. The molecule has 0 unspecified atom stereocenters. The van der Waals surface area contributed by atoms with Crippen LogP contribution in [0.4, 0.5) is 0 Å². The number of benzene rings is 1. The van der Waals surface area contributed by atoms with Crippen molar-refractivity contribution in [2.24, 2.45) is 5.92 Å². The number of carbonyl (C=O) groups is 2. The summed E-state index contributed by atoms with van der Waals surface area (Å²) in [5, 5.41) is 3.28. The van der Waals surface area contributed by atoms with Crippen molar-refractivity contribution in [3.63, 3.8) is 0 Å². The first kappa shape index (κ1) is 18.5. The second-order valence-electron chi connectivity index (χ2n) is 6.63. The van der Waals surface area contributed by atoms with Gasteiger partial charge in [-0.3, -0.25) is 4.79 Å². The Morgan fingerprint density at radius 1 is 1.33 bits per heavy atom. The number of rotatable bonds is 7. The van der Waals surface area contributed by atoms with Crippen molar-refractivity contribution in [3.8, 4) is 0 Å². The Morgan fingerprint density at radius 2 is 2.04 bits per heavy atom. The van der Waals surface area contributed by atoms with E-state index in [1.807, 2.05) is 30.3 Å². The van der Waals surface area contributed by atoms with Gasteiger partial charge >= 0.3 is 5.97 Å². The Balaban J connectivity index is 2.12. The third-order valence-corrected chi connectivity index (χ3v) is 4.24. The zero-order chi connectivity index (χ0) is 17.5. The Labute approximate surface area is 144 Å². The summed E-state index contributed by atoms with van der Waals surface area (Å²) in [7, 11) is 0. The molecule has 1 aliphatic heterocycles. The largest absolute Gasteiger partial charge is 0.464 e. The highest BCUT2D eigenvalue weighted by atomic mass is 16.5. The lowest BCUT2D eigenvalue weighted by Gasteiger charge is -2.38. The van der Waals surface area contributed by atoms with Crippen LogP contribution in [0.2, 0.25) is 0 Å². The van der Waals surface area contributed by atoms with Crippen LogP contribution in [-0.2, 0) is 20.7 Å². The van der Waals surface area contributed by atoms with Crippen molar-refractivity contribution in [1.29, 1.82) is 0 Å². The summed E-state index contributed by atoms with van der Waals surface area (Å²) >= 11 is 0. The van der Waals surface area contributed by atoms with Crippen LogP contribution in [0.15, 0.2) is 30.3 Å². The van der Waals surface area contributed by atoms with Crippen LogP contribution < -0.4 is 5.32 Å². The Morgan fingerprint density at radius 3 is 2.67 bits per heavy atom. The highest BCUT2D eigenvalue weighted by Crippen LogP contribution is 2.18. The van der Waals surface area contributed by atoms with Gasteiger partial charge in [0.1, 0.15) is 6.04 Å². The molecule has 1 N–H and O–H groups in total. The summed E-state index contributed by atoms with van der Waals surface area (Å²) in [6, 6.07) is 9.17. The number of hydrogen-bond donors (Lipinski definition) is 1. The zero-order valence-corrected chi connectivity index (χ0v) is 14.8. The maximum Gasteiger partial charge on any atom is 0.328 e. The molecule has 5 nitrogen and oxygen atoms in total. The van der Waals surface area contributed by atoms with E-state index in [2.05, 4.69) is 19.2 Å². The predicted octanol–water partition coefficient (Wildman–Crippen LogP) is 2.01. The lowest BCUT2D eigenvalue weighted by molar-refractivity contribution is -0.157. The molecule has 1 aromatic carbocycles. The first-order valence-electron chi connectivity index (χ1n) is 8.77. The highest BCUT2D eigenvalue weighted by molar-refractivity contribution is 5.88. The number of carbonyl (C=O) groups excluding carboxylic acids is 2. The maximum absolute atomic E-state index is 12.9. The normalized spacial score (nSPS) is 19.4. The number of hydrogen-bond acceptors (Lipinski definition) is 4. The molecular weight excluding hydrogens is 304 g/mol. The van der Waals surface area contributed by atoms with E-state index in [0.717, 1.165) is 5.56 Å². The third-order valence-electron chi connectivity index (χ3n) is 4.24. The van der Waals surface area contributed by atoms with E-state index in [1.165, 1.54) is 0 Å². The van der Waals surface area contributed by atoms with E-state index in [9.17, 15) is 9.59 Å². The number of ether oxygens (including phenoxy) is 1. The fourth-order valence-corrected chi connectivity index (χ4v) is 3.11. The van der Waals surface area contributed by atoms with Gasteiger partial charge in [-0.2, -0.15) is 0 Å². The van der Waals surface area contributed by atoms with Crippen molar-refractivity contribution >= 4 is 11.9 Å². The van der Waals surface area contributed by atoms with E-state index in [1.54, 1.807) is 11.8 Å². The fraction of sp³-hybridized carbons (Fsp3) is 0.579. The van der Waals surface area contributed by atoms with Crippen LogP contribution in [-0.4, -0.2) is 48.6 Å². The number of esters is 1. The van der Waals surface area contributed by atoms with Crippen molar-refractivity contribution in [3.05, 3.63) is 35.9 Å². The lowest BCUT2D eigenvalue weighted by atomic mass is 9.98. The number of nitrogens with one attached hydrogen (secondary N) is 1. The molecule has 24 heavy (non-hydrogen) atoms. The van der Waals surface area contributed by atoms with E-state index in [-0.39, 0.29) is 17.9 Å². The summed E-state index contributed by atoms with van der Waals surface area (Å²) < 4.78 is 5.21. The molecular formula is C19H28N2O3. The standard InChI is InChI=1S/C19H28N2O3/c1-4-24-19(23)17(12-14(2)3)21-11-10-20-16(18(21)22)13-15-8-6-5-7-9-15/h5-9,14,16-17,20H,4,10-13H2,1-3H3/t16-,17-/m0/s1. The van der Waals surface area contributed by atoms with E-state index < -0.39 is 6.04 Å². The number of amides is 1. The van der Waals surface area contributed by atoms with E-state index in [4.69, 9.17) is 4.74 Å². The van der Waals surface area contributed by atoms with Crippen LogP contribution in [0.3, 0.4) is 0 Å². The van der Waals surface area contributed by atoms with E-state index >= 15 is 0 Å². The molecule has 0 radical (unpaired) electrons. The van der Waals surface area contributed by atoms with Crippen molar-refractivity contribution in [2.75, 3.05) is 19.7 Å². The third kappa shape index (κ3) is 4.81. The smallest absolute Gasteiger partial charge is 0.328 e. The molecule has 1 aliphatic rings. The molecule has 0 spiro atoms. The topological polar surface area (TPSA) is 58.6 Å². The van der Waals surface area contributed by atoms with Crippen LogP contribution in [0.5, 0.6) is 0 Å². The van der Waals surface area contributed by atoms with Gasteiger partial charge in [-0.25, -0.2) is 4.79 Å². The molecule has 5 heteroatoms. The molecule has 2 atom stereocenters. The molecule has 1 fully saturated rings. The predicted molar refractivity (Wildman–Crippen MR) is 93.5 cm³/mol. The zero-order valence-electron chi connectivity index (χ0n) is 14.8. The first-order valence-corrected chi connectivity index (χ1v) is 8.77. The van der Waals surface area contributed by atoms with Gasteiger partial charge in [-0.1, -0.05) is 44.2 Å². The van der Waals surface area contributed by atoms with Gasteiger partial charge in [0.2, 0.25) is 5.91 Å². The van der Waals surface area contributed by atoms with Crippen LogP contribution in [0, 0.1) is 5.92 Å². The molecule has 0 saturated carbocycles. The van der Waals surface area contributed by atoms with Gasteiger partial charge < -0.3 is 15.0 Å². The maximum atomic E-state index is 12.9.